The van der Waals surface area contributed by atoms with E-state index in [0.29, 0.717) is 13.1 Å². The fourth-order valence-corrected chi connectivity index (χ4v) is 1.95. The predicted molar refractivity (Wildman–Crippen MR) is 80.3 cm³/mol. The lowest BCUT2D eigenvalue weighted by molar-refractivity contribution is -0.133. The molecule has 0 spiro atoms. The highest BCUT2D eigenvalue weighted by Crippen LogP contribution is 2.12. The third kappa shape index (κ3) is 4.57. The first kappa shape index (κ1) is 16.0. The standard InChI is InChI=1S/C15H23N3O2/c1-4-18(5-2)14(19)10-13(15(16)20)17-12-8-6-11(3)7-9-12/h6-9,13,17H,4-5,10H2,1-3H3,(H2,16,20). The Bertz CT molecular complexity index is 453. The molecule has 110 valence electrons. The molecular formula is C15H23N3O2. The molecule has 0 aliphatic rings. The molecular weight excluding hydrogens is 254 g/mol. The highest BCUT2D eigenvalue weighted by atomic mass is 16.2. The van der Waals surface area contributed by atoms with Crippen molar-refractivity contribution in [2.24, 2.45) is 5.73 Å². The average molecular weight is 277 g/mol. The third-order valence-electron chi connectivity index (χ3n) is 3.23. The van der Waals surface area contributed by atoms with Gasteiger partial charge in [-0.1, -0.05) is 17.7 Å². The Morgan fingerprint density at radius 3 is 2.20 bits per heavy atom. The van der Waals surface area contributed by atoms with Crippen LogP contribution in [0.15, 0.2) is 24.3 Å². The Balaban J connectivity index is 2.72. The summed E-state index contributed by atoms with van der Waals surface area (Å²) in [5, 5.41) is 3.02. The molecule has 0 aliphatic heterocycles. The minimum Gasteiger partial charge on any atom is -0.373 e. The van der Waals surface area contributed by atoms with Crippen LogP contribution in [0.3, 0.4) is 0 Å². The number of hydrogen-bond acceptors (Lipinski definition) is 3. The number of benzene rings is 1. The van der Waals surface area contributed by atoms with E-state index in [4.69, 9.17) is 5.73 Å². The van der Waals surface area contributed by atoms with Gasteiger partial charge in [0.1, 0.15) is 6.04 Å². The Morgan fingerprint density at radius 2 is 1.75 bits per heavy atom. The molecule has 1 atom stereocenters. The summed E-state index contributed by atoms with van der Waals surface area (Å²) in [5.41, 5.74) is 7.29. The zero-order valence-corrected chi connectivity index (χ0v) is 12.3. The molecule has 0 fully saturated rings. The maximum atomic E-state index is 12.0. The first-order valence-electron chi connectivity index (χ1n) is 6.88. The van der Waals surface area contributed by atoms with Crippen molar-refractivity contribution >= 4 is 17.5 Å². The molecule has 0 saturated carbocycles. The second-order valence-electron chi connectivity index (χ2n) is 4.74. The van der Waals surface area contributed by atoms with Crippen molar-refractivity contribution in [1.82, 2.24) is 4.90 Å². The number of nitrogens with two attached hydrogens (primary N) is 1. The van der Waals surface area contributed by atoms with E-state index >= 15 is 0 Å². The van der Waals surface area contributed by atoms with Gasteiger partial charge in [0.2, 0.25) is 11.8 Å². The van der Waals surface area contributed by atoms with Crippen LogP contribution in [0.5, 0.6) is 0 Å². The number of anilines is 1. The van der Waals surface area contributed by atoms with E-state index in [2.05, 4.69) is 5.32 Å². The van der Waals surface area contributed by atoms with Gasteiger partial charge >= 0.3 is 0 Å². The summed E-state index contributed by atoms with van der Waals surface area (Å²) in [5.74, 6) is -0.593. The van der Waals surface area contributed by atoms with Crippen molar-refractivity contribution in [2.75, 3.05) is 18.4 Å². The number of rotatable bonds is 7. The fraction of sp³-hybridized carbons (Fsp3) is 0.467. The molecule has 0 heterocycles. The zero-order chi connectivity index (χ0) is 15.1. The van der Waals surface area contributed by atoms with Gasteiger partial charge in [-0.25, -0.2) is 0 Å². The average Bonchev–Trinajstić information content (AvgIpc) is 2.41. The molecule has 0 radical (unpaired) electrons. The summed E-state index contributed by atoms with van der Waals surface area (Å²) in [6.07, 6.45) is 0.0743. The maximum Gasteiger partial charge on any atom is 0.240 e. The van der Waals surface area contributed by atoms with Gasteiger partial charge in [0.05, 0.1) is 6.42 Å². The van der Waals surface area contributed by atoms with E-state index in [0.717, 1.165) is 11.3 Å². The monoisotopic (exact) mass is 277 g/mol. The SMILES string of the molecule is CCN(CC)C(=O)CC(Nc1ccc(C)cc1)C(N)=O. The summed E-state index contributed by atoms with van der Waals surface area (Å²) in [4.78, 5) is 25.2. The Kier molecular flexibility index (Phi) is 6.03. The quantitative estimate of drug-likeness (QED) is 0.793. The largest absolute Gasteiger partial charge is 0.373 e. The van der Waals surface area contributed by atoms with Crippen molar-refractivity contribution < 1.29 is 9.59 Å². The van der Waals surface area contributed by atoms with Gasteiger partial charge < -0.3 is 16.0 Å². The minimum atomic E-state index is -0.689. The number of primary amides is 1. The summed E-state index contributed by atoms with van der Waals surface area (Å²) >= 11 is 0. The van der Waals surface area contributed by atoms with E-state index in [1.807, 2.05) is 45.0 Å². The van der Waals surface area contributed by atoms with Crippen LogP contribution in [-0.4, -0.2) is 35.8 Å². The topological polar surface area (TPSA) is 75.4 Å². The number of aryl methyl sites for hydroxylation is 1. The molecule has 3 N–H and O–H groups in total. The summed E-state index contributed by atoms with van der Waals surface area (Å²) < 4.78 is 0. The summed E-state index contributed by atoms with van der Waals surface area (Å²) in [6, 6.07) is 6.92. The van der Waals surface area contributed by atoms with E-state index in [1.165, 1.54) is 0 Å². The van der Waals surface area contributed by atoms with Gasteiger partial charge in [-0.2, -0.15) is 0 Å². The maximum absolute atomic E-state index is 12.0. The van der Waals surface area contributed by atoms with Crippen LogP contribution >= 0.6 is 0 Å². The molecule has 5 heteroatoms. The second-order valence-corrected chi connectivity index (χ2v) is 4.74. The number of amides is 2. The molecule has 1 aromatic rings. The second kappa shape index (κ2) is 7.53. The van der Waals surface area contributed by atoms with E-state index < -0.39 is 11.9 Å². The first-order chi connectivity index (χ1) is 9.47. The molecule has 0 aromatic heterocycles. The lowest BCUT2D eigenvalue weighted by atomic mass is 10.1. The van der Waals surface area contributed by atoms with Crippen molar-refractivity contribution in [2.45, 2.75) is 33.2 Å². The Labute approximate surface area is 120 Å². The Hall–Kier alpha value is -2.04. The van der Waals surface area contributed by atoms with Gasteiger partial charge in [-0.15, -0.1) is 0 Å². The smallest absolute Gasteiger partial charge is 0.240 e. The van der Waals surface area contributed by atoms with Crippen molar-refractivity contribution in [3.63, 3.8) is 0 Å². The highest BCUT2D eigenvalue weighted by molar-refractivity contribution is 5.89. The first-order valence-corrected chi connectivity index (χ1v) is 6.88. The number of nitrogens with zero attached hydrogens (tertiary/aromatic N) is 1. The molecule has 5 nitrogen and oxygen atoms in total. The van der Waals surface area contributed by atoms with E-state index in [9.17, 15) is 9.59 Å². The molecule has 1 aromatic carbocycles. The number of carbonyl (C=O) groups excluding carboxylic acids is 2. The van der Waals surface area contributed by atoms with Crippen LogP contribution in [0.1, 0.15) is 25.8 Å². The van der Waals surface area contributed by atoms with Crippen LogP contribution in [-0.2, 0) is 9.59 Å². The van der Waals surface area contributed by atoms with E-state index in [1.54, 1.807) is 4.90 Å². The van der Waals surface area contributed by atoms with E-state index in [-0.39, 0.29) is 12.3 Å². The fourth-order valence-electron chi connectivity index (χ4n) is 1.95. The molecule has 1 unspecified atom stereocenters. The lowest BCUT2D eigenvalue weighted by Gasteiger charge is -2.22. The zero-order valence-electron chi connectivity index (χ0n) is 12.3. The van der Waals surface area contributed by atoms with Gasteiger partial charge in [0, 0.05) is 18.8 Å². The van der Waals surface area contributed by atoms with Crippen molar-refractivity contribution in [3.8, 4) is 0 Å². The summed E-state index contributed by atoms with van der Waals surface area (Å²) in [6.45, 7) is 7.07. The third-order valence-corrected chi connectivity index (χ3v) is 3.23. The molecule has 20 heavy (non-hydrogen) atoms. The van der Waals surface area contributed by atoms with Crippen LogP contribution in [0.25, 0.3) is 0 Å². The van der Waals surface area contributed by atoms with Crippen LogP contribution in [0.4, 0.5) is 5.69 Å². The highest BCUT2D eigenvalue weighted by Gasteiger charge is 2.21. The molecule has 0 aliphatic carbocycles. The van der Waals surface area contributed by atoms with Crippen LogP contribution in [0.2, 0.25) is 0 Å². The molecule has 1 rings (SSSR count). The molecule has 0 saturated heterocycles. The van der Waals surface area contributed by atoms with Gasteiger partial charge in [0.25, 0.3) is 0 Å². The minimum absolute atomic E-state index is 0.0709. The Morgan fingerprint density at radius 1 is 1.20 bits per heavy atom. The lowest BCUT2D eigenvalue weighted by Crippen LogP contribution is -2.41. The van der Waals surface area contributed by atoms with Crippen LogP contribution < -0.4 is 11.1 Å². The van der Waals surface area contributed by atoms with Crippen LogP contribution in [0, 0.1) is 6.92 Å². The van der Waals surface area contributed by atoms with Crippen molar-refractivity contribution in [1.29, 1.82) is 0 Å². The summed E-state index contributed by atoms with van der Waals surface area (Å²) in [7, 11) is 0. The molecule has 2 amide bonds. The number of carbonyl (C=O) groups is 2. The van der Waals surface area contributed by atoms with Gasteiger partial charge in [0.15, 0.2) is 0 Å². The van der Waals surface area contributed by atoms with Crippen molar-refractivity contribution in [3.05, 3.63) is 29.8 Å². The number of hydrogen-bond donors (Lipinski definition) is 2. The molecule has 0 bridgehead atoms. The number of nitrogens with one attached hydrogen (secondary N) is 1. The predicted octanol–water partition coefficient (Wildman–Crippen LogP) is 1.52. The van der Waals surface area contributed by atoms with Gasteiger partial charge in [-0.05, 0) is 32.9 Å². The van der Waals surface area contributed by atoms with Gasteiger partial charge in [-0.3, -0.25) is 9.59 Å². The normalized spacial score (nSPS) is 11.8.